The van der Waals surface area contributed by atoms with Crippen molar-refractivity contribution in [3.8, 4) is 17.1 Å². The molecule has 1 atom stereocenters. The summed E-state index contributed by atoms with van der Waals surface area (Å²) in [6.45, 7) is 3.06. The Kier molecular flexibility index (Phi) is 6.41. The second-order valence-corrected chi connectivity index (χ2v) is 6.30. The molecule has 0 bridgehead atoms. The van der Waals surface area contributed by atoms with Gasteiger partial charge in [0.05, 0.1) is 19.6 Å². The molecule has 6 nitrogen and oxygen atoms in total. The van der Waals surface area contributed by atoms with Crippen LogP contribution in [0, 0.1) is 5.92 Å². The number of hydrogen-bond donors (Lipinski definition) is 0. The molecule has 1 heterocycles. The van der Waals surface area contributed by atoms with E-state index < -0.39 is 0 Å². The Bertz CT molecular complexity index is 737. The predicted molar refractivity (Wildman–Crippen MR) is 96.7 cm³/mol. The van der Waals surface area contributed by atoms with Gasteiger partial charge in [0.2, 0.25) is 11.7 Å². The molecule has 0 fully saturated rings. The van der Waals surface area contributed by atoms with Gasteiger partial charge in [-0.3, -0.25) is 4.79 Å². The molecule has 2 aromatic rings. The first-order valence-electron chi connectivity index (χ1n) is 9.11. The largest absolute Gasteiger partial charge is 0.494 e. The molecule has 0 amide bonds. The fourth-order valence-electron chi connectivity index (χ4n) is 2.84. The van der Waals surface area contributed by atoms with Crippen LogP contribution < -0.4 is 4.74 Å². The first kappa shape index (κ1) is 18.2. The summed E-state index contributed by atoms with van der Waals surface area (Å²) >= 11 is 0. The zero-order valence-corrected chi connectivity index (χ0v) is 15.0. The van der Waals surface area contributed by atoms with Crippen molar-refractivity contribution >= 4 is 5.97 Å². The molecule has 1 unspecified atom stereocenters. The minimum absolute atomic E-state index is 0.222. The first-order valence-corrected chi connectivity index (χ1v) is 9.11. The van der Waals surface area contributed by atoms with Crippen molar-refractivity contribution in [1.29, 1.82) is 0 Å². The maximum absolute atomic E-state index is 11.9. The molecule has 1 aliphatic carbocycles. The number of aryl methyl sites for hydroxylation is 1. The number of benzene rings is 1. The number of carbonyl (C=O) groups excluding carboxylic acids is 1. The van der Waals surface area contributed by atoms with Gasteiger partial charge < -0.3 is 14.0 Å². The van der Waals surface area contributed by atoms with Crippen molar-refractivity contribution in [3.05, 3.63) is 42.3 Å². The van der Waals surface area contributed by atoms with Crippen molar-refractivity contribution < 1.29 is 18.8 Å². The molecule has 3 rings (SSSR count). The van der Waals surface area contributed by atoms with E-state index in [0.717, 1.165) is 30.6 Å². The molecular formula is C20H24N2O4. The number of nitrogens with zero attached hydrogens (tertiary/aromatic N) is 2. The third-order valence-electron chi connectivity index (χ3n) is 4.29. The van der Waals surface area contributed by atoms with E-state index in [-0.39, 0.29) is 12.4 Å². The maximum atomic E-state index is 11.9. The van der Waals surface area contributed by atoms with E-state index >= 15 is 0 Å². The lowest BCUT2D eigenvalue weighted by Crippen LogP contribution is -2.15. The lowest BCUT2D eigenvalue weighted by Gasteiger charge is -2.17. The van der Waals surface area contributed by atoms with E-state index in [0.29, 0.717) is 37.3 Å². The standard InChI is InChI=1S/C20H24N2O4/c1-2-24-17-10-8-16(9-11-17)20-21-18(26-22-20)12-13-19(23)25-14-15-6-4-3-5-7-15/h3-4,8-11,15H,2,5-7,12-14H2,1H3. The Labute approximate surface area is 153 Å². The van der Waals surface area contributed by atoms with Crippen molar-refractivity contribution in [1.82, 2.24) is 10.1 Å². The molecule has 0 saturated heterocycles. The van der Waals surface area contributed by atoms with Gasteiger partial charge in [0, 0.05) is 12.0 Å². The Morgan fingerprint density at radius 3 is 2.85 bits per heavy atom. The Hall–Kier alpha value is -2.63. The number of esters is 1. The SMILES string of the molecule is CCOc1ccc(-c2noc(CCC(=O)OCC3CC=CCC3)n2)cc1. The van der Waals surface area contributed by atoms with Gasteiger partial charge in [0.25, 0.3) is 0 Å². The van der Waals surface area contributed by atoms with Crippen molar-refractivity contribution in [3.63, 3.8) is 0 Å². The van der Waals surface area contributed by atoms with Gasteiger partial charge in [0.15, 0.2) is 0 Å². The van der Waals surface area contributed by atoms with Crippen LogP contribution >= 0.6 is 0 Å². The smallest absolute Gasteiger partial charge is 0.306 e. The van der Waals surface area contributed by atoms with Gasteiger partial charge in [-0.15, -0.1) is 0 Å². The Morgan fingerprint density at radius 1 is 1.27 bits per heavy atom. The monoisotopic (exact) mass is 356 g/mol. The van der Waals surface area contributed by atoms with Crippen LogP contribution in [0.5, 0.6) is 5.75 Å². The molecular weight excluding hydrogens is 332 g/mol. The molecule has 26 heavy (non-hydrogen) atoms. The van der Waals surface area contributed by atoms with Crippen LogP contribution in [-0.2, 0) is 16.0 Å². The summed E-state index contributed by atoms with van der Waals surface area (Å²) in [7, 11) is 0. The first-order chi connectivity index (χ1) is 12.7. The molecule has 138 valence electrons. The van der Waals surface area contributed by atoms with E-state index in [4.69, 9.17) is 14.0 Å². The van der Waals surface area contributed by atoms with Gasteiger partial charge in [-0.25, -0.2) is 0 Å². The van der Waals surface area contributed by atoms with Gasteiger partial charge in [0.1, 0.15) is 5.75 Å². The zero-order valence-electron chi connectivity index (χ0n) is 15.0. The summed E-state index contributed by atoms with van der Waals surface area (Å²) in [6.07, 6.45) is 8.10. The maximum Gasteiger partial charge on any atom is 0.306 e. The highest BCUT2D eigenvalue weighted by Crippen LogP contribution is 2.21. The fraction of sp³-hybridized carbons (Fsp3) is 0.450. The van der Waals surface area contributed by atoms with Crippen LogP contribution in [0.25, 0.3) is 11.4 Å². The van der Waals surface area contributed by atoms with Crippen molar-refractivity contribution in [2.24, 2.45) is 5.92 Å². The Morgan fingerprint density at radius 2 is 2.12 bits per heavy atom. The molecule has 0 saturated carbocycles. The van der Waals surface area contributed by atoms with Crippen LogP contribution in [0.3, 0.4) is 0 Å². The number of hydrogen-bond acceptors (Lipinski definition) is 6. The number of carbonyl (C=O) groups is 1. The summed E-state index contributed by atoms with van der Waals surface area (Å²) in [5, 5.41) is 3.97. The average Bonchev–Trinajstić information content (AvgIpc) is 3.15. The highest BCUT2D eigenvalue weighted by molar-refractivity contribution is 5.69. The summed E-state index contributed by atoms with van der Waals surface area (Å²) in [5.41, 5.74) is 0.844. The highest BCUT2D eigenvalue weighted by atomic mass is 16.5. The molecule has 0 N–H and O–H groups in total. The quantitative estimate of drug-likeness (QED) is 0.526. The normalized spacial score (nSPS) is 16.4. The average molecular weight is 356 g/mol. The third-order valence-corrected chi connectivity index (χ3v) is 4.29. The summed E-state index contributed by atoms with van der Waals surface area (Å²) in [6, 6.07) is 7.50. The van der Waals surface area contributed by atoms with Crippen molar-refractivity contribution in [2.45, 2.75) is 39.0 Å². The topological polar surface area (TPSA) is 74.5 Å². The van der Waals surface area contributed by atoms with Gasteiger partial charge in [-0.2, -0.15) is 4.98 Å². The van der Waals surface area contributed by atoms with Crippen LogP contribution in [0.15, 0.2) is 40.9 Å². The van der Waals surface area contributed by atoms with Crippen LogP contribution in [-0.4, -0.2) is 29.3 Å². The minimum atomic E-state index is -0.222. The van der Waals surface area contributed by atoms with Gasteiger partial charge >= 0.3 is 5.97 Å². The van der Waals surface area contributed by atoms with E-state index in [1.54, 1.807) is 0 Å². The number of aromatic nitrogens is 2. The van der Waals surface area contributed by atoms with E-state index in [9.17, 15) is 4.79 Å². The molecule has 0 aliphatic heterocycles. The molecule has 6 heteroatoms. The second kappa shape index (κ2) is 9.17. The number of allylic oxidation sites excluding steroid dienone is 2. The van der Waals surface area contributed by atoms with E-state index in [2.05, 4.69) is 22.3 Å². The molecule has 0 radical (unpaired) electrons. The number of ether oxygens (including phenoxy) is 2. The third kappa shape index (κ3) is 5.18. The molecule has 0 spiro atoms. The lowest BCUT2D eigenvalue weighted by atomic mass is 9.95. The zero-order chi connectivity index (χ0) is 18.2. The highest BCUT2D eigenvalue weighted by Gasteiger charge is 2.15. The summed E-state index contributed by atoms with van der Waals surface area (Å²) < 4.78 is 16.0. The van der Waals surface area contributed by atoms with E-state index in [1.165, 1.54) is 0 Å². The molecule has 1 aliphatic rings. The predicted octanol–water partition coefficient (Wildman–Crippen LogP) is 3.97. The molecule has 1 aromatic carbocycles. The molecule has 1 aromatic heterocycles. The number of rotatable bonds is 8. The van der Waals surface area contributed by atoms with E-state index in [1.807, 2.05) is 31.2 Å². The fourth-order valence-corrected chi connectivity index (χ4v) is 2.84. The lowest BCUT2D eigenvalue weighted by molar-refractivity contribution is -0.145. The summed E-state index contributed by atoms with van der Waals surface area (Å²) in [5.74, 6) is 1.96. The summed E-state index contributed by atoms with van der Waals surface area (Å²) in [4.78, 5) is 16.2. The van der Waals surface area contributed by atoms with Crippen LogP contribution in [0.2, 0.25) is 0 Å². The van der Waals surface area contributed by atoms with Crippen LogP contribution in [0.1, 0.15) is 38.5 Å². The second-order valence-electron chi connectivity index (χ2n) is 6.30. The van der Waals surface area contributed by atoms with Crippen LogP contribution in [0.4, 0.5) is 0 Å². The van der Waals surface area contributed by atoms with Crippen molar-refractivity contribution in [2.75, 3.05) is 13.2 Å². The van der Waals surface area contributed by atoms with Gasteiger partial charge in [-0.05, 0) is 56.4 Å². The minimum Gasteiger partial charge on any atom is -0.494 e. The Balaban J connectivity index is 1.45. The van der Waals surface area contributed by atoms with Gasteiger partial charge in [-0.1, -0.05) is 17.3 Å².